The van der Waals surface area contributed by atoms with Gasteiger partial charge in [0.25, 0.3) is 0 Å². The summed E-state index contributed by atoms with van der Waals surface area (Å²) >= 11 is 0. The molecular formula is C22H25N3O3S. The van der Waals surface area contributed by atoms with E-state index in [2.05, 4.69) is 5.32 Å². The van der Waals surface area contributed by atoms with Gasteiger partial charge in [0.15, 0.2) is 0 Å². The Labute approximate surface area is 172 Å². The summed E-state index contributed by atoms with van der Waals surface area (Å²) in [6.45, 7) is 6.22. The molecule has 0 unspecified atom stereocenters. The number of nitrogens with one attached hydrogen (secondary N) is 1. The molecule has 29 heavy (non-hydrogen) atoms. The third kappa shape index (κ3) is 4.50. The summed E-state index contributed by atoms with van der Waals surface area (Å²) in [5, 5.41) is 11.8. The third-order valence-corrected chi connectivity index (χ3v) is 7.49. The molecule has 0 bridgehead atoms. The molecule has 0 saturated carbocycles. The normalized spacial score (nSPS) is 15.7. The Balaban J connectivity index is 1.68. The van der Waals surface area contributed by atoms with E-state index in [9.17, 15) is 13.2 Å². The van der Waals surface area contributed by atoms with Crippen LogP contribution in [0.5, 0.6) is 0 Å². The number of nitriles is 1. The summed E-state index contributed by atoms with van der Waals surface area (Å²) in [5.74, 6) is -0.396. The number of amides is 1. The van der Waals surface area contributed by atoms with Gasteiger partial charge in [-0.15, -0.1) is 0 Å². The zero-order valence-corrected chi connectivity index (χ0v) is 17.7. The van der Waals surface area contributed by atoms with E-state index >= 15 is 0 Å². The van der Waals surface area contributed by atoms with Crippen molar-refractivity contribution in [2.24, 2.45) is 5.92 Å². The summed E-state index contributed by atoms with van der Waals surface area (Å²) in [6.07, 6.45) is 0.930. The second-order valence-corrected chi connectivity index (χ2v) is 9.46. The molecule has 1 fully saturated rings. The fourth-order valence-corrected chi connectivity index (χ4v) is 5.85. The fraction of sp³-hybridized carbons (Fsp3) is 0.364. The molecular weight excluding hydrogens is 386 g/mol. The van der Waals surface area contributed by atoms with Crippen LogP contribution in [-0.2, 0) is 14.8 Å². The van der Waals surface area contributed by atoms with Gasteiger partial charge in [0, 0.05) is 24.7 Å². The topological polar surface area (TPSA) is 90.3 Å². The number of piperidine rings is 1. The summed E-state index contributed by atoms with van der Waals surface area (Å²) in [4.78, 5) is 13.0. The largest absolute Gasteiger partial charge is 0.326 e. The molecule has 1 heterocycles. The van der Waals surface area contributed by atoms with Gasteiger partial charge in [-0.25, -0.2) is 8.42 Å². The molecule has 0 aromatic heterocycles. The van der Waals surface area contributed by atoms with Crippen molar-refractivity contribution in [3.63, 3.8) is 0 Å². The molecule has 152 valence electrons. The minimum Gasteiger partial charge on any atom is -0.326 e. The molecule has 3 rings (SSSR count). The highest BCUT2D eigenvalue weighted by Gasteiger charge is 2.33. The van der Waals surface area contributed by atoms with Crippen molar-refractivity contribution in [1.29, 1.82) is 5.26 Å². The Bertz CT molecular complexity index is 1060. The maximum absolute atomic E-state index is 13.2. The van der Waals surface area contributed by atoms with E-state index in [-0.39, 0.29) is 11.8 Å². The standard InChI is InChI=1S/C22H25N3O3S/c1-15-11-16(2)21(17(3)12-15)29(27,28)25-9-7-19(8-10-25)22(26)24-20-6-4-5-18(13-20)14-23/h4-6,11-13,19H,7-10H2,1-3H3,(H,24,26). The zero-order chi connectivity index (χ0) is 21.2. The number of nitrogens with zero attached hydrogens (tertiary/aromatic N) is 2. The molecule has 1 amide bonds. The first-order valence-electron chi connectivity index (χ1n) is 9.61. The highest BCUT2D eigenvalue weighted by atomic mass is 32.2. The molecule has 7 heteroatoms. The van der Waals surface area contributed by atoms with Gasteiger partial charge in [0.05, 0.1) is 16.5 Å². The molecule has 1 saturated heterocycles. The van der Waals surface area contributed by atoms with Crippen molar-refractivity contribution in [3.8, 4) is 6.07 Å². The van der Waals surface area contributed by atoms with Gasteiger partial charge in [-0.05, 0) is 62.9 Å². The monoisotopic (exact) mass is 411 g/mol. The van der Waals surface area contributed by atoms with Crippen molar-refractivity contribution < 1.29 is 13.2 Å². The first kappa shape index (κ1) is 21.0. The SMILES string of the molecule is Cc1cc(C)c(S(=O)(=O)N2CCC(C(=O)Nc3cccc(C#N)c3)CC2)c(C)c1. The van der Waals surface area contributed by atoms with E-state index in [1.807, 2.05) is 39.0 Å². The minimum atomic E-state index is -3.59. The van der Waals surface area contributed by atoms with Crippen LogP contribution < -0.4 is 5.32 Å². The second-order valence-electron chi connectivity index (χ2n) is 7.59. The van der Waals surface area contributed by atoms with Crippen molar-refractivity contribution in [2.45, 2.75) is 38.5 Å². The summed E-state index contributed by atoms with van der Waals surface area (Å²) in [5.41, 5.74) is 3.59. The Morgan fingerprint density at radius 3 is 2.31 bits per heavy atom. The first-order valence-corrected chi connectivity index (χ1v) is 11.1. The minimum absolute atomic E-state index is 0.139. The van der Waals surface area contributed by atoms with Crippen LogP contribution in [0, 0.1) is 38.0 Å². The lowest BCUT2D eigenvalue weighted by Crippen LogP contribution is -2.41. The van der Waals surface area contributed by atoms with Crippen molar-refractivity contribution in [1.82, 2.24) is 4.31 Å². The number of hydrogen-bond acceptors (Lipinski definition) is 4. The number of carbonyl (C=O) groups excluding carboxylic acids is 1. The van der Waals surface area contributed by atoms with E-state index in [1.54, 1.807) is 24.3 Å². The number of anilines is 1. The summed E-state index contributed by atoms with van der Waals surface area (Å²) < 4.78 is 27.8. The lowest BCUT2D eigenvalue weighted by molar-refractivity contribution is -0.120. The van der Waals surface area contributed by atoms with Gasteiger partial charge in [0.2, 0.25) is 15.9 Å². The Kier molecular flexibility index (Phi) is 6.06. The summed E-state index contributed by atoms with van der Waals surface area (Å²) in [7, 11) is -3.59. The lowest BCUT2D eigenvalue weighted by atomic mass is 9.97. The van der Waals surface area contributed by atoms with Gasteiger partial charge in [-0.2, -0.15) is 9.57 Å². The predicted molar refractivity (Wildman–Crippen MR) is 112 cm³/mol. The van der Waals surface area contributed by atoms with Crippen LogP contribution in [-0.4, -0.2) is 31.7 Å². The van der Waals surface area contributed by atoms with Gasteiger partial charge in [0.1, 0.15) is 0 Å². The number of hydrogen-bond donors (Lipinski definition) is 1. The molecule has 2 aromatic rings. The average Bonchev–Trinajstić information content (AvgIpc) is 2.67. The highest BCUT2D eigenvalue weighted by molar-refractivity contribution is 7.89. The van der Waals surface area contributed by atoms with E-state index in [0.29, 0.717) is 42.1 Å². The second kappa shape index (κ2) is 8.36. The van der Waals surface area contributed by atoms with Crippen molar-refractivity contribution >= 4 is 21.6 Å². The average molecular weight is 412 g/mol. The smallest absolute Gasteiger partial charge is 0.243 e. The van der Waals surface area contributed by atoms with Crippen molar-refractivity contribution in [3.05, 3.63) is 58.7 Å². The summed E-state index contributed by atoms with van der Waals surface area (Å²) in [6, 6.07) is 12.6. The maximum atomic E-state index is 13.2. The van der Waals surface area contributed by atoms with Crippen LogP contribution in [0.15, 0.2) is 41.3 Å². The van der Waals surface area contributed by atoms with Gasteiger partial charge in [-0.1, -0.05) is 23.8 Å². The van der Waals surface area contributed by atoms with Crippen molar-refractivity contribution in [2.75, 3.05) is 18.4 Å². The molecule has 1 aliphatic rings. The number of rotatable bonds is 4. The van der Waals surface area contributed by atoms with Gasteiger partial charge >= 0.3 is 0 Å². The lowest BCUT2D eigenvalue weighted by Gasteiger charge is -2.31. The molecule has 0 aliphatic carbocycles. The molecule has 0 spiro atoms. The van der Waals surface area contributed by atoms with E-state index in [1.165, 1.54) is 4.31 Å². The quantitative estimate of drug-likeness (QED) is 0.833. The number of aryl methyl sites for hydroxylation is 3. The predicted octanol–water partition coefficient (Wildman–Crippen LogP) is 3.52. The van der Waals surface area contributed by atoms with Gasteiger partial charge < -0.3 is 5.32 Å². The molecule has 0 radical (unpaired) electrons. The van der Waals surface area contributed by atoms with Crippen LogP contribution in [0.1, 0.15) is 35.1 Å². The highest BCUT2D eigenvalue weighted by Crippen LogP contribution is 2.29. The van der Waals surface area contributed by atoms with E-state index < -0.39 is 10.0 Å². The van der Waals surface area contributed by atoms with E-state index in [0.717, 1.165) is 16.7 Å². The van der Waals surface area contributed by atoms with Crippen LogP contribution in [0.3, 0.4) is 0 Å². The molecule has 0 atom stereocenters. The molecule has 1 aliphatic heterocycles. The molecule has 2 aromatic carbocycles. The Hall–Kier alpha value is -2.69. The Morgan fingerprint density at radius 1 is 1.10 bits per heavy atom. The molecule has 1 N–H and O–H groups in total. The fourth-order valence-electron chi connectivity index (χ4n) is 3.97. The van der Waals surface area contributed by atoms with Crippen LogP contribution in [0.2, 0.25) is 0 Å². The third-order valence-electron chi connectivity index (χ3n) is 5.29. The van der Waals surface area contributed by atoms with Crippen LogP contribution >= 0.6 is 0 Å². The number of sulfonamides is 1. The van der Waals surface area contributed by atoms with E-state index in [4.69, 9.17) is 5.26 Å². The first-order chi connectivity index (χ1) is 13.7. The van der Waals surface area contributed by atoms with Crippen LogP contribution in [0.25, 0.3) is 0 Å². The zero-order valence-electron chi connectivity index (χ0n) is 16.9. The maximum Gasteiger partial charge on any atom is 0.243 e. The number of benzene rings is 2. The molecule has 6 nitrogen and oxygen atoms in total. The number of carbonyl (C=O) groups is 1. The van der Waals surface area contributed by atoms with Gasteiger partial charge in [-0.3, -0.25) is 4.79 Å². The van der Waals surface area contributed by atoms with Crippen LogP contribution in [0.4, 0.5) is 5.69 Å². The Morgan fingerprint density at radius 2 is 1.72 bits per heavy atom.